The molecule has 0 aliphatic carbocycles. The number of imide groups is 2. The highest BCUT2D eigenvalue weighted by Gasteiger charge is 2.37. The fourth-order valence-corrected chi connectivity index (χ4v) is 3.68. The third-order valence-corrected chi connectivity index (χ3v) is 5.53. The number of halogens is 3. The minimum atomic E-state index is -0.922. The summed E-state index contributed by atoms with van der Waals surface area (Å²) in [5.41, 5.74) is 0.201. The molecule has 2 aromatic carbocycles. The SMILES string of the molecule is CC[C@@H](C)Oc1c(Cl)cc(/C=C2\C(=O)NC(=O)N(c3ccc(Cl)cc3Cl)C2=O)cc1OC. The number of hydrogen-bond donors (Lipinski definition) is 1. The molecule has 0 spiro atoms. The van der Waals surface area contributed by atoms with Crippen LogP contribution in [0.5, 0.6) is 11.5 Å². The average Bonchev–Trinajstić information content (AvgIpc) is 2.73. The molecular formula is C22H19Cl3N2O5. The molecular weight excluding hydrogens is 479 g/mol. The number of carbonyl (C=O) groups excluding carboxylic acids is 3. The molecule has 10 heteroatoms. The van der Waals surface area contributed by atoms with Gasteiger partial charge in [-0.3, -0.25) is 14.9 Å². The van der Waals surface area contributed by atoms with E-state index in [2.05, 4.69) is 5.32 Å². The Kier molecular flexibility index (Phi) is 7.33. The first kappa shape index (κ1) is 23.9. The van der Waals surface area contributed by atoms with E-state index in [0.717, 1.165) is 11.3 Å². The van der Waals surface area contributed by atoms with Crippen LogP contribution in [-0.2, 0) is 9.59 Å². The Morgan fingerprint density at radius 2 is 1.81 bits per heavy atom. The number of ether oxygens (including phenoxy) is 2. The minimum Gasteiger partial charge on any atom is -0.493 e. The second-order valence-electron chi connectivity index (χ2n) is 6.92. The van der Waals surface area contributed by atoms with Gasteiger partial charge in [-0.2, -0.15) is 0 Å². The van der Waals surface area contributed by atoms with E-state index in [1.807, 2.05) is 13.8 Å². The number of carbonyl (C=O) groups is 3. The summed E-state index contributed by atoms with van der Waals surface area (Å²) in [5.74, 6) is -1.01. The number of methoxy groups -OCH3 is 1. The molecule has 0 aromatic heterocycles. The van der Waals surface area contributed by atoms with Crippen LogP contribution in [0.1, 0.15) is 25.8 Å². The molecule has 0 saturated carbocycles. The smallest absolute Gasteiger partial charge is 0.335 e. The van der Waals surface area contributed by atoms with Crippen molar-refractivity contribution in [3.8, 4) is 11.5 Å². The van der Waals surface area contributed by atoms with Gasteiger partial charge in [0.05, 0.1) is 28.9 Å². The van der Waals surface area contributed by atoms with E-state index in [-0.39, 0.29) is 27.4 Å². The van der Waals surface area contributed by atoms with Gasteiger partial charge in [-0.05, 0) is 55.3 Å². The monoisotopic (exact) mass is 496 g/mol. The van der Waals surface area contributed by atoms with E-state index >= 15 is 0 Å². The third kappa shape index (κ3) is 4.85. The quantitative estimate of drug-likeness (QED) is 0.421. The van der Waals surface area contributed by atoms with E-state index in [1.165, 1.54) is 37.5 Å². The molecule has 32 heavy (non-hydrogen) atoms. The fourth-order valence-electron chi connectivity index (χ4n) is 2.93. The first-order valence-electron chi connectivity index (χ1n) is 9.57. The van der Waals surface area contributed by atoms with Gasteiger partial charge in [-0.1, -0.05) is 41.7 Å². The molecule has 0 unspecified atom stereocenters. The molecule has 4 amide bonds. The van der Waals surface area contributed by atoms with Crippen molar-refractivity contribution in [2.75, 3.05) is 12.0 Å². The summed E-state index contributed by atoms with van der Waals surface area (Å²) in [6, 6.07) is 6.47. The number of anilines is 1. The third-order valence-electron chi connectivity index (χ3n) is 4.71. The van der Waals surface area contributed by atoms with Crippen LogP contribution in [0.3, 0.4) is 0 Å². The number of rotatable bonds is 6. The summed E-state index contributed by atoms with van der Waals surface area (Å²) >= 11 is 18.4. The summed E-state index contributed by atoms with van der Waals surface area (Å²) in [6.07, 6.45) is 1.97. The predicted octanol–water partition coefficient (Wildman–Crippen LogP) is 5.50. The molecule has 7 nitrogen and oxygen atoms in total. The van der Waals surface area contributed by atoms with Crippen LogP contribution < -0.4 is 19.7 Å². The number of nitrogens with zero attached hydrogens (tertiary/aromatic N) is 1. The standard InChI is InChI=1S/C22H19Cl3N2O5/c1-4-11(2)32-19-16(25)8-12(9-18(19)31-3)7-14-20(28)26-22(30)27(21(14)29)17-6-5-13(23)10-15(17)24/h5-11H,4H2,1-3H3,(H,26,28,30)/b14-7+/t11-/m1/s1. The molecule has 1 fully saturated rings. The van der Waals surface area contributed by atoms with E-state index in [4.69, 9.17) is 44.3 Å². The van der Waals surface area contributed by atoms with Crippen molar-refractivity contribution in [2.45, 2.75) is 26.4 Å². The second kappa shape index (κ2) is 9.81. The molecule has 1 aliphatic rings. The summed E-state index contributed by atoms with van der Waals surface area (Å²) in [7, 11) is 1.45. The largest absolute Gasteiger partial charge is 0.493 e. The molecule has 0 bridgehead atoms. The van der Waals surface area contributed by atoms with Crippen molar-refractivity contribution < 1.29 is 23.9 Å². The van der Waals surface area contributed by atoms with Crippen LogP contribution >= 0.6 is 34.8 Å². The normalized spacial score (nSPS) is 16.2. The number of urea groups is 1. The van der Waals surface area contributed by atoms with Crippen molar-refractivity contribution in [2.24, 2.45) is 0 Å². The molecule has 0 radical (unpaired) electrons. The Balaban J connectivity index is 2.03. The zero-order valence-electron chi connectivity index (χ0n) is 17.4. The van der Waals surface area contributed by atoms with Gasteiger partial charge in [0.1, 0.15) is 5.57 Å². The average molecular weight is 498 g/mol. The van der Waals surface area contributed by atoms with Crippen molar-refractivity contribution >= 4 is 64.4 Å². The van der Waals surface area contributed by atoms with Crippen LogP contribution in [-0.4, -0.2) is 31.1 Å². The van der Waals surface area contributed by atoms with Gasteiger partial charge in [0.2, 0.25) is 0 Å². The maximum Gasteiger partial charge on any atom is 0.335 e. The van der Waals surface area contributed by atoms with E-state index in [1.54, 1.807) is 6.07 Å². The molecule has 168 valence electrons. The van der Waals surface area contributed by atoms with Gasteiger partial charge >= 0.3 is 6.03 Å². The van der Waals surface area contributed by atoms with Gasteiger partial charge in [0.15, 0.2) is 11.5 Å². The van der Waals surface area contributed by atoms with Crippen molar-refractivity contribution in [1.29, 1.82) is 0 Å². The first-order chi connectivity index (χ1) is 15.2. The number of barbiturate groups is 1. The molecule has 1 saturated heterocycles. The maximum atomic E-state index is 13.1. The second-order valence-corrected chi connectivity index (χ2v) is 8.18. The predicted molar refractivity (Wildman–Crippen MR) is 124 cm³/mol. The lowest BCUT2D eigenvalue weighted by atomic mass is 10.1. The van der Waals surface area contributed by atoms with Crippen molar-refractivity contribution in [1.82, 2.24) is 5.32 Å². The summed E-state index contributed by atoms with van der Waals surface area (Å²) in [5, 5.41) is 2.79. The molecule has 1 heterocycles. The number of amides is 4. The Morgan fingerprint density at radius 1 is 1.09 bits per heavy atom. The minimum absolute atomic E-state index is 0.0750. The van der Waals surface area contributed by atoms with Crippen molar-refractivity contribution in [3.63, 3.8) is 0 Å². The van der Waals surface area contributed by atoms with Crippen LogP contribution in [0.25, 0.3) is 6.08 Å². The zero-order chi connectivity index (χ0) is 23.6. The molecule has 1 aliphatic heterocycles. The molecule has 3 rings (SSSR count). The lowest BCUT2D eigenvalue weighted by Gasteiger charge is -2.27. The first-order valence-corrected chi connectivity index (χ1v) is 10.7. The Bertz CT molecular complexity index is 1130. The Morgan fingerprint density at radius 3 is 2.44 bits per heavy atom. The molecule has 1 atom stereocenters. The van der Waals surface area contributed by atoms with Crippen molar-refractivity contribution in [3.05, 3.63) is 56.5 Å². The lowest BCUT2D eigenvalue weighted by Crippen LogP contribution is -2.54. The highest BCUT2D eigenvalue weighted by molar-refractivity contribution is 6.42. The van der Waals surface area contributed by atoms with Gasteiger partial charge in [0, 0.05) is 5.02 Å². The van der Waals surface area contributed by atoms with Gasteiger partial charge in [-0.15, -0.1) is 0 Å². The van der Waals surface area contributed by atoms with E-state index in [0.29, 0.717) is 22.1 Å². The maximum absolute atomic E-state index is 13.1. The number of benzene rings is 2. The summed E-state index contributed by atoms with van der Waals surface area (Å²) < 4.78 is 11.2. The van der Waals surface area contributed by atoms with Gasteiger partial charge in [0.25, 0.3) is 11.8 Å². The summed E-state index contributed by atoms with van der Waals surface area (Å²) in [4.78, 5) is 38.7. The number of nitrogens with one attached hydrogen (secondary N) is 1. The fraction of sp³-hybridized carbons (Fsp3) is 0.227. The lowest BCUT2D eigenvalue weighted by molar-refractivity contribution is -0.122. The van der Waals surface area contributed by atoms with E-state index in [9.17, 15) is 14.4 Å². The van der Waals surface area contributed by atoms with Crippen LogP contribution in [0.4, 0.5) is 10.5 Å². The van der Waals surface area contributed by atoms with Crippen LogP contribution in [0, 0.1) is 0 Å². The van der Waals surface area contributed by atoms with Gasteiger partial charge < -0.3 is 9.47 Å². The Labute approximate surface area is 199 Å². The number of hydrogen-bond acceptors (Lipinski definition) is 5. The van der Waals surface area contributed by atoms with Gasteiger partial charge in [-0.25, -0.2) is 9.69 Å². The highest BCUT2D eigenvalue weighted by atomic mass is 35.5. The van der Waals surface area contributed by atoms with Crippen LogP contribution in [0.2, 0.25) is 15.1 Å². The molecule has 2 aromatic rings. The topological polar surface area (TPSA) is 84.9 Å². The summed E-state index contributed by atoms with van der Waals surface area (Å²) in [6.45, 7) is 3.86. The molecule has 1 N–H and O–H groups in total. The highest BCUT2D eigenvalue weighted by Crippen LogP contribution is 2.38. The van der Waals surface area contributed by atoms with E-state index < -0.39 is 17.8 Å². The Hall–Kier alpha value is -2.74. The van der Waals surface area contributed by atoms with Crippen LogP contribution in [0.15, 0.2) is 35.9 Å². The zero-order valence-corrected chi connectivity index (χ0v) is 19.6.